The molecule has 0 amide bonds. The van der Waals surface area contributed by atoms with Crippen LogP contribution in [0.5, 0.6) is 0 Å². The Morgan fingerprint density at radius 1 is 1.11 bits per heavy atom. The van der Waals surface area contributed by atoms with Gasteiger partial charge in [-0.2, -0.15) is 0 Å². The molecule has 1 atom stereocenters. The maximum Gasteiger partial charge on any atom is 0.0752 e. The van der Waals surface area contributed by atoms with Crippen LogP contribution in [0.2, 0.25) is 0 Å². The molecule has 2 N–H and O–H groups in total. The fourth-order valence-corrected chi connectivity index (χ4v) is 5.33. The Hall–Kier alpha value is -0.0800. The van der Waals surface area contributed by atoms with E-state index in [1.165, 1.54) is 38.5 Å². The van der Waals surface area contributed by atoms with Crippen LogP contribution < -0.4 is 5.73 Å². The van der Waals surface area contributed by atoms with Crippen LogP contribution in [0.15, 0.2) is 0 Å². The van der Waals surface area contributed by atoms with Crippen LogP contribution >= 0.6 is 0 Å². The zero-order valence-electron chi connectivity index (χ0n) is 12.2. The van der Waals surface area contributed by atoms with Crippen LogP contribution in [0.3, 0.4) is 0 Å². The second-order valence-electron chi connectivity index (χ2n) is 8.00. The first-order valence-corrected chi connectivity index (χ1v) is 7.80. The number of hydrogen-bond donors (Lipinski definition) is 1. The summed E-state index contributed by atoms with van der Waals surface area (Å²) in [5, 5.41) is 0. The molecule has 0 aromatic carbocycles. The number of ether oxygens (including phenoxy) is 1. The van der Waals surface area contributed by atoms with E-state index in [4.69, 9.17) is 10.5 Å². The molecule has 104 valence electrons. The summed E-state index contributed by atoms with van der Waals surface area (Å²) in [6.07, 6.45) is 9.15. The summed E-state index contributed by atoms with van der Waals surface area (Å²) in [6, 6.07) is 0. The Balaban J connectivity index is 1.75. The molecule has 0 radical (unpaired) electrons. The Labute approximate surface area is 112 Å². The standard InChI is InChI=1S/C16H29NO/c1-11(18-15(2,3)10-17)16-7-12-4-13(8-16)6-14(5-12)9-16/h11-14H,4-10,17H2,1-3H3. The molecule has 4 fully saturated rings. The van der Waals surface area contributed by atoms with E-state index in [9.17, 15) is 0 Å². The van der Waals surface area contributed by atoms with Gasteiger partial charge in [-0.05, 0) is 82.5 Å². The molecule has 0 spiro atoms. The van der Waals surface area contributed by atoms with Crippen molar-refractivity contribution in [3.8, 4) is 0 Å². The lowest BCUT2D eigenvalue weighted by molar-refractivity contribution is -0.173. The van der Waals surface area contributed by atoms with Crippen LogP contribution in [-0.2, 0) is 4.74 Å². The Morgan fingerprint density at radius 2 is 1.56 bits per heavy atom. The van der Waals surface area contributed by atoms with Gasteiger partial charge in [0.2, 0.25) is 0 Å². The molecular formula is C16H29NO. The van der Waals surface area contributed by atoms with E-state index in [0.717, 1.165) is 17.8 Å². The van der Waals surface area contributed by atoms with E-state index in [1.807, 2.05) is 0 Å². The van der Waals surface area contributed by atoms with Crippen LogP contribution in [0.1, 0.15) is 59.3 Å². The third-order valence-electron chi connectivity index (χ3n) is 5.94. The maximum atomic E-state index is 6.35. The molecule has 0 saturated heterocycles. The van der Waals surface area contributed by atoms with Gasteiger partial charge in [0.05, 0.1) is 11.7 Å². The van der Waals surface area contributed by atoms with E-state index in [0.29, 0.717) is 18.1 Å². The van der Waals surface area contributed by atoms with Gasteiger partial charge < -0.3 is 10.5 Å². The summed E-state index contributed by atoms with van der Waals surface area (Å²) in [7, 11) is 0. The lowest BCUT2D eigenvalue weighted by atomic mass is 9.48. The first-order valence-electron chi connectivity index (χ1n) is 7.80. The highest BCUT2D eigenvalue weighted by Crippen LogP contribution is 2.61. The molecule has 4 saturated carbocycles. The third kappa shape index (κ3) is 2.12. The van der Waals surface area contributed by atoms with Crippen molar-refractivity contribution in [1.29, 1.82) is 0 Å². The molecule has 0 aliphatic heterocycles. The van der Waals surface area contributed by atoms with Crippen molar-refractivity contribution < 1.29 is 4.74 Å². The molecule has 4 aliphatic rings. The normalized spacial score (nSPS) is 44.3. The lowest BCUT2D eigenvalue weighted by Crippen LogP contribution is -2.53. The monoisotopic (exact) mass is 251 g/mol. The third-order valence-corrected chi connectivity index (χ3v) is 5.94. The van der Waals surface area contributed by atoms with E-state index >= 15 is 0 Å². The van der Waals surface area contributed by atoms with Crippen molar-refractivity contribution >= 4 is 0 Å². The van der Waals surface area contributed by atoms with Gasteiger partial charge in [0.15, 0.2) is 0 Å². The minimum Gasteiger partial charge on any atom is -0.371 e. The predicted molar refractivity (Wildman–Crippen MR) is 74.3 cm³/mol. The summed E-state index contributed by atoms with van der Waals surface area (Å²) >= 11 is 0. The molecule has 0 heterocycles. The van der Waals surface area contributed by atoms with Gasteiger partial charge in [0, 0.05) is 6.54 Å². The molecule has 4 bridgehead atoms. The molecule has 4 aliphatic carbocycles. The molecule has 4 rings (SSSR count). The van der Waals surface area contributed by atoms with Crippen molar-refractivity contribution in [2.75, 3.05) is 6.54 Å². The summed E-state index contributed by atoms with van der Waals surface area (Å²) in [4.78, 5) is 0. The average Bonchev–Trinajstić information content (AvgIpc) is 2.26. The zero-order chi connectivity index (χ0) is 13.0. The number of hydrogen-bond acceptors (Lipinski definition) is 2. The highest BCUT2D eigenvalue weighted by atomic mass is 16.5. The highest BCUT2D eigenvalue weighted by Gasteiger charge is 2.54. The summed E-state index contributed by atoms with van der Waals surface area (Å²) in [5.41, 5.74) is 6.14. The fourth-order valence-electron chi connectivity index (χ4n) is 5.33. The second-order valence-corrected chi connectivity index (χ2v) is 8.00. The molecular weight excluding hydrogens is 222 g/mol. The van der Waals surface area contributed by atoms with Gasteiger partial charge >= 0.3 is 0 Å². The van der Waals surface area contributed by atoms with Crippen molar-refractivity contribution in [2.24, 2.45) is 28.9 Å². The van der Waals surface area contributed by atoms with Crippen molar-refractivity contribution in [2.45, 2.75) is 71.0 Å². The topological polar surface area (TPSA) is 35.2 Å². The first-order chi connectivity index (χ1) is 8.42. The second kappa shape index (κ2) is 4.21. The van der Waals surface area contributed by atoms with E-state index in [2.05, 4.69) is 20.8 Å². The quantitative estimate of drug-likeness (QED) is 0.831. The van der Waals surface area contributed by atoms with E-state index < -0.39 is 0 Å². The van der Waals surface area contributed by atoms with Crippen molar-refractivity contribution in [3.05, 3.63) is 0 Å². The summed E-state index contributed by atoms with van der Waals surface area (Å²) in [5.74, 6) is 3.01. The van der Waals surface area contributed by atoms with Gasteiger partial charge in [-0.3, -0.25) is 0 Å². The minimum absolute atomic E-state index is 0.164. The van der Waals surface area contributed by atoms with Crippen molar-refractivity contribution in [1.82, 2.24) is 0 Å². The molecule has 0 aromatic rings. The summed E-state index contributed by atoms with van der Waals surface area (Å²) in [6.45, 7) is 7.18. The number of nitrogens with two attached hydrogens (primary N) is 1. The average molecular weight is 251 g/mol. The van der Waals surface area contributed by atoms with E-state index in [-0.39, 0.29) is 5.60 Å². The Morgan fingerprint density at radius 3 is 1.94 bits per heavy atom. The van der Waals surface area contributed by atoms with Crippen LogP contribution in [-0.4, -0.2) is 18.2 Å². The van der Waals surface area contributed by atoms with Crippen molar-refractivity contribution in [3.63, 3.8) is 0 Å². The summed E-state index contributed by atoms with van der Waals surface area (Å²) < 4.78 is 6.35. The first kappa shape index (κ1) is 12.9. The van der Waals surface area contributed by atoms with Gasteiger partial charge in [-0.15, -0.1) is 0 Å². The van der Waals surface area contributed by atoms with Gasteiger partial charge in [-0.1, -0.05) is 0 Å². The van der Waals surface area contributed by atoms with Gasteiger partial charge in [0.1, 0.15) is 0 Å². The fraction of sp³-hybridized carbons (Fsp3) is 1.00. The maximum absolute atomic E-state index is 6.35. The highest BCUT2D eigenvalue weighted by molar-refractivity contribution is 5.04. The Kier molecular flexibility index (Phi) is 3.02. The van der Waals surface area contributed by atoms with Crippen LogP contribution in [0.4, 0.5) is 0 Å². The van der Waals surface area contributed by atoms with E-state index in [1.54, 1.807) is 0 Å². The van der Waals surface area contributed by atoms with Crippen LogP contribution in [0, 0.1) is 23.2 Å². The van der Waals surface area contributed by atoms with Crippen LogP contribution in [0.25, 0.3) is 0 Å². The van der Waals surface area contributed by atoms with Gasteiger partial charge in [-0.25, -0.2) is 0 Å². The molecule has 1 unspecified atom stereocenters. The smallest absolute Gasteiger partial charge is 0.0752 e. The molecule has 2 nitrogen and oxygen atoms in total. The van der Waals surface area contributed by atoms with Gasteiger partial charge in [0.25, 0.3) is 0 Å². The minimum atomic E-state index is -0.164. The molecule has 0 aromatic heterocycles. The Bertz CT molecular complexity index is 288. The SMILES string of the molecule is CC(OC(C)(C)CN)C12CC3CC(CC(C3)C1)C2. The molecule has 2 heteroatoms. The lowest BCUT2D eigenvalue weighted by Gasteiger charge is -2.59. The predicted octanol–water partition coefficient (Wildman–Crippen LogP) is 3.35. The number of rotatable bonds is 4. The molecule has 18 heavy (non-hydrogen) atoms. The zero-order valence-corrected chi connectivity index (χ0v) is 12.2. The largest absolute Gasteiger partial charge is 0.371 e.